The van der Waals surface area contributed by atoms with E-state index in [1.807, 2.05) is 49.6 Å². The van der Waals surface area contributed by atoms with Gasteiger partial charge in [0.25, 0.3) is 0 Å². The molecule has 1 amide bonds. The van der Waals surface area contributed by atoms with Crippen LogP contribution in [0.3, 0.4) is 0 Å². The minimum Gasteiger partial charge on any atom is -0.511 e. The van der Waals surface area contributed by atoms with Crippen LogP contribution >= 0.6 is 11.8 Å². The van der Waals surface area contributed by atoms with Gasteiger partial charge in [-0.25, -0.2) is 0 Å². The van der Waals surface area contributed by atoms with Crippen molar-refractivity contribution in [1.29, 1.82) is 5.41 Å². The second kappa shape index (κ2) is 10.2. The number of amides is 1. The first-order valence-electron chi connectivity index (χ1n) is 11.2. The van der Waals surface area contributed by atoms with Gasteiger partial charge < -0.3 is 5.11 Å². The normalized spacial score (nSPS) is 15.6. The van der Waals surface area contributed by atoms with E-state index >= 15 is 0 Å². The third-order valence-corrected chi connectivity index (χ3v) is 6.56. The van der Waals surface area contributed by atoms with Gasteiger partial charge in [0.15, 0.2) is 16.8 Å². The van der Waals surface area contributed by atoms with Crippen molar-refractivity contribution in [3.8, 4) is 17.1 Å². The number of amidine groups is 1. The van der Waals surface area contributed by atoms with Gasteiger partial charge in [0.2, 0.25) is 5.91 Å². The molecule has 9 nitrogen and oxygen atoms in total. The van der Waals surface area contributed by atoms with Crippen LogP contribution in [0.1, 0.15) is 30.9 Å². The van der Waals surface area contributed by atoms with Crippen molar-refractivity contribution in [3.05, 3.63) is 65.2 Å². The Morgan fingerprint density at radius 3 is 2.69 bits per heavy atom. The number of pyridine rings is 1. The summed E-state index contributed by atoms with van der Waals surface area (Å²) in [4.78, 5) is 30.1. The average molecular weight is 491 g/mol. The molecule has 4 rings (SSSR count). The van der Waals surface area contributed by atoms with Gasteiger partial charge in [-0.15, -0.1) is 10.2 Å². The van der Waals surface area contributed by atoms with Gasteiger partial charge in [-0.1, -0.05) is 36.4 Å². The molecule has 10 heteroatoms. The van der Waals surface area contributed by atoms with Gasteiger partial charge in [-0.2, -0.15) is 0 Å². The fourth-order valence-corrected chi connectivity index (χ4v) is 4.82. The fourth-order valence-electron chi connectivity index (χ4n) is 3.99. The molecule has 3 aromatic rings. The van der Waals surface area contributed by atoms with Gasteiger partial charge in [0.05, 0.1) is 23.4 Å². The Labute approximate surface area is 207 Å². The SMILES string of the molecule is CCCN1C(=N)C(=C(O)CSc2nnc(-c3cccnc3)n2-c2ccc(C)cc2C)C(=O)CC1=O. The highest BCUT2D eigenvalue weighted by atomic mass is 32.2. The maximum Gasteiger partial charge on any atom is 0.235 e. The standard InChI is InChI=1S/C25H26N6O3S/c1-4-10-30-21(34)12-19(32)22(23(30)26)20(33)14-35-25-29-28-24(17-6-5-9-27-13-17)31(25)18-8-7-15(2)11-16(18)3/h5-9,11,13,26,33H,4,10,12,14H2,1-3H3. The van der Waals surface area contributed by atoms with Crippen LogP contribution in [0.5, 0.6) is 0 Å². The number of Topliss-reactive ketones (excluding diaryl/α,β-unsaturated/α-hetero) is 1. The van der Waals surface area contributed by atoms with E-state index in [0.29, 0.717) is 23.9 Å². The summed E-state index contributed by atoms with van der Waals surface area (Å²) in [5.41, 5.74) is 3.70. The van der Waals surface area contributed by atoms with Gasteiger partial charge in [0.1, 0.15) is 11.6 Å². The number of thioether (sulfide) groups is 1. The van der Waals surface area contributed by atoms with Crippen molar-refractivity contribution in [2.24, 2.45) is 0 Å². The van der Waals surface area contributed by atoms with E-state index in [2.05, 4.69) is 21.2 Å². The number of hydrogen-bond donors (Lipinski definition) is 2. The number of benzene rings is 1. The lowest BCUT2D eigenvalue weighted by Gasteiger charge is -2.28. The Morgan fingerprint density at radius 2 is 2.00 bits per heavy atom. The van der Waals surface area contributed by atoms with E-state index in [9.17, 15) is 14.7 Å². The summed E-state index contributed by atoms with van der Waals surface area (Å²) in [5.74, 6) is -0.872. The predicted molar refractivity (Wildman–Crippen MR) is 134 cm³/mol. The minimum absolute atomic E-state index is 0.00626. The van der Waals surface area contributed by atoms with E-state index in [0.717, 1.165) is 22.4 Å². The maximum absolute atomic E-state index is 12.5. The third-order valence-electron chi connectivity index (χ3n) is 5.62. The molecule has 0 radical (unpaired) electrons. The third kappa shape index (κ3) is 4.88. The average Bonchev–Trinajstić information content (AvgIpc) is 3.24. The highest BCUT2D eigenvalue weighted by Crippen LogP contribution is 2.31. The van der Waals surface area contributed by atoms with Crippen LogP contribution in [0.2, 0.25) is 0 Å². The molecule has 0 saturated carbocycles. The molecule has 180 valence electrons. The van der Waals surface area contributed by atoms with E-state index < -0.39 is 11.7 Å². The summed E-state index contributed by atoms with van der Waals surface area (Å²) in [5, 5.41) is 28.4. The Morgan fingerprint density at radius 1 is 1.20 bits per heavy atom. The Bertz CT molecular complexity index is 1330. The molecule has 0 aliphatic carbocycles. The molecule has 2 N–H and O–H groups in total. The summed E-state index contributed by atoms with van der Waals surface area (Å²) in [6, 6.07) is 9.78. The summed E-state index contributed by atoms with van der Waals surface area (Å²) in [6.07, 6.45) is 3.68. The van der Waals surface area contributed by atoms with Crippen molar-refractivity contribution in [3.63, 3.8) is 0 Å². The second-order valence-corrected chi connectivity index (χ2v) is 9.22. The zero-order valence-electron chi connectivity index (χ0n) is 19.8. The number of hydrogen-bond acceptors (Lipinski definition) is 8. The highest BCUT2D eigenvalue weighted by molar-refractivity contribution is 7.99. The summed E-state index contributed by atoms with van der Waals surface area (Å²) in [7, 11) is 0. The van der Waals surface area contributed by atoms with Crippen molar-refractivity contribution < 1.29 is 14.7 Å². The number of carbonyl (C=O) groups is 2. The van der Waals surface area contributed by atoms with E-state index in [-0.39, 0.29) is 29.3 Å². The van der Waals surface area contributed by atoms with Gasteiger partial charge in [-0.05, 0) is 44.0 Å². The molecule has 1 aromatic carbocycles. The van der Waals surface area contributed by atoms with Gasteiger partial charge >= 0.3 is 0 Å². The maximum atomic E-state index is 12.5. The van der Waals surface area contributed by atoms with Crippen LogP contribution in [-0.2, 0) is 9.59 Å². The lowest BCUT2D eigenvalue weighted by molar-refractivity contribution is -0.132. The number of likely N-dealkylation sites (tertiary alicyclic amines) is 1. The van der Waals surface area contributed by atoms with Crippen molar-refractivity contribution >= 4 is 29.3 Å². The number of ketones is 1. The topological polar surface area (TPSA) is 125 Å². The zero-order valence-corrected chi connectivity index (χ0v) is 20.6. The number of nitrogens with one attached hydrogen (secondary N) is 1. The number of aromatic nitrogens is 4. The van der Waals surface area contributed by atoms with Crippen LogP contribution in [0.15, 0.2) is 59.2 Å². The fraction of sp³-hybridized carbons (Fsp3) is 0.280. The summed E-state index contributed by atoms with van der Waals surface area (Å²) < 4.78 is 1.90. The molecule has 0 atom stereocenters. The molecule has 1 fully saturated rings. The molecule has 35 heavy (non-hydrogen) atoms. The van der Waals surface area contributed by atoms with E-state index in [1.165, 1.54) is 16.7 Å². The molecule has 0 unspecified atom stereocenters. The number of aryl methyl sites for hydroxylation is 2. The molecule has 2 aromatic heterocycles. The second-order valence-electron chi connectivity index (χ2n) is 8.28. The lowest BCUT2D eigenvalue weighted by atomic mass is 10.00. The molecule has 1 aliphatic rings. The number of nitrogens with zero attached hydrogens (tertiary/aromatic N) is 5. The first-order chi connectivity index (χ1) is 16.8. The van der Waals surface area contributed by atoms with Crippen molar-refractivity contribution in [1.82, 2.24) is 24.6 Å². The first-order valence-corrected chi connectivity index (χ1v) is 12.2. The quantitative estimate of drug-likeness (QED) is 0.222. The minimum atomic E-state index is -0.544. The molecule has 3 heterocycles. The number of aliphatic hydroxyl groups excluding tert-OH is 1. The number of carbonyl (C=O) groups excluding carboxylic acids is 2. The number of piperidine rings is 1. The summed E-state index contributed by atoms with van der Waals surface area (Å²) >= 11 is 1.20. The monoisotopic (exact) mass is 490 g/mol. The largest absolute Gasteiger partial charge is 0.511 e. The predicted octanol–water partition coefficient (Wildman–Crippen LogP) is 4.04. The van der Waals surface area contributed by atoms with Gasteiger partial charge in [-0.3, -0.25) is 29.4 Å². The molecule has 1 saturated heterocycles. The van der Waals surface area contributed by atoms with Crippen molar-refractivity contribution in [2.45, 2.75) is 38.8 Å². The van der Waals surface area contributed by atoms with Gasteiger partial charge in [0, 0.05) is 24.5 Å². The van der Waals surface area contributed by atoms with E-state index in [4.69, 9.17) is 5.41 Å². The van der Waals surface area contributed by atoms with Crippen molar-refractivity contribution in [2.75, 3.05) is 12.3 Å². The van der Waals surface area contributed by atoms with Crippen LogP contribution < -0.4 is 0 Å². The Balaban J connectivity index is 1.71. The molecule has 0 spiro atoms. The lowest BCUT2D eigenvalue weighted by Crippen LogP contribution is -2.45. The van der Waals surface area contributed by atoms with Crippen LogP contribution in [0, 0.1) is 19.3 Å². The Hall–Kier alpha value is -3.79. The molecule has 0 bridgehead atoms. The number of aliphatic hydroxyl groups is 1. The Kier molecular flexibility index (Phi) is 7.11. The summed E-state index contributed by atoms with van der Waals surface area (Å²) in [6.45, 7) is 6.23. The molecule has 1 aliphatic heterocycles. The van der Waals surface area contributed by atoms with Crippen LogP contribution in [0.25, 0.3) is 17.1 Å². The van der Waals surface area contributed by atoms with Crippen LogP contribution in [-0.4, -0.2) is 59.6 Å². The highest BCUT2D eigenvalue weighted by Gasteiger charge is 2.35. The zero-order chi connectivity index (χ0) is 25.1. The van der Waals surface area contributed by atoms with E-state index in [1.54, 1.807) is 12.4 Å². The molecular weight excluding hydrogens is 464 g/mol. The smallest absolute Gasteiger partial charge is 0.235 e. The molecular formula is C25H26N6O3S. The first kappa shape index (κ1) is 24.3. The van der Waals surface area contributed by atoms with Crippen LogP contribution in [0.4, 0.5) is 0 Å². The number of rotatable bonds is 7.